The fourth-order valence-corrected chi connectivity index (χ4v) is 3.47. The van der Waals surface area contributed by atoms with E-state index in [1.165, 1.54) is 12.1 Å². The van der Waals surface area contributed by atoms with Gasteiger partial charge in [-0.2, -0.15) is 8.78 Å². The molecule has 3 rings (SSSR count). The topological polar surface area (TPSA) is 62.8 Å². The Kier molecular flexibility index (Phi) is 7.70. The van der Waals surface area contributed by atoms with Gasteiger partial charge in [0.15, 0.2) is 0 Å². The molecule has 0 radical (unpaired) electrons. The number of carbonyl (C=O) groups excluding carboxylic acids is 1. The smallest absolute Gasteiger partial charge is 0.387 e. The molecule has 0 bridgehead atoms. The third-order valence-electron chi connectivity index (χ3n) is 5.12. The van der Waals surface area contributed by atoms with Gasteiger partial charge in [0.05, 0.1) is 7.11 Å². The Bertz CT molecular complexity index is 792. The summed E-state index contributed by atoms with van der Waals surface area (Å²) in [6.07, 6.45) is 2.37. The number of methoxy groups -OCH3 is 1. The van der Waals surface area contributed by atoms with Gasteiger partial charge < -0.3 is 25.0 Å². The maximum absolute atomic E-state index is 12.2. The van der Waals surface area contributed by atoms with Crippen molar-refractivity contribution in [3.8, 4) is 11.5 Å². The average Bonchev–Trinajstić information content (AvgIpc) is 2.75. The number of rotatable bonds is 8. The number of hydrogen-bond donors (Lipinski definition) is 2. The zero-order chi connectivity index (χ0) is 21.3. The molecule has 0 unspecified atom stereocenters. The van der Waals surface area contributed by atoms with Gasteiger partial charge in [0.25, 0.3) is 0 Å². The Morgan fingerprint density at radius 3 is 2.30 bits per heavy atom. The number of nitrogens with one attached hydrogen (secondary N) is 2. The molecule has 0 aliphatic carbocycles. The molecule has 1 fully saturated rings. The summed E-state index contributed by atoms with van der Waals surface area (Å²) >= 11 is 0. The zero-order valence-electron chi connectivity index (χ0n) is 16.9. The molecule has 0 atom stereocenters. The lowest BCUT2D eigenvalue weighted by Crippen LogP contribution is -2.48. The molecule has 162 valence electrons. The molecule has 2 aromatic carbocycles. The highest BCUT2D eigenvalue weighted by Crippen LogP contribution is 2.22. The molecule has 1 aliphatic heterocycles. The van der Waals surface area contributed by atoms with Crippen LogP contribution in [0.2, 0.25) is 0 Å². The van der Waals surface area contributed by atoms with Crippen molar-refractivity contribution in [1.82, 2.24) is 10.6 Å². The number of hydrogen-bond acceptors (Lipinski definition) is 4. The zero-order valence-corrected chi connectivity index (χ0v) is 16.9. The maximum Gasteiger partial charge on any atom is 0.387 e. The Balaban J connectivity index is 1.34. The number of halogens is 2. The van der Waals surface area contributed by atoms with Gasteiger partial charge in [-0.25, -0.2) is 4.79 Å². The van der Waals surface area contributed by atoms with E-state index in [2.05, 4.69) is 20.3 Å². The van der Waals surface area contributed by atoms with Crippen LogP contribution in [-0.2, 0) is 6.42 Å². The van der Waals surface area contributed by atoms with Crippen LogP contribution in [0.3, 0.4) is 0 Å². The molecular formula is C22H27F2N3O3. The Labute approximate surface area is 175 Å². The van der Waals surface area contributed by atoms with E-state index < -0.39 is 6.61 Å². The first-order valence-electron chi connectivity index (χ1n) is 10.0. The molecule has 2 aromatic rings. The van der Waals surface area contributed by atoms with Gasteiger partial charge >= 0.3 is 12.6 Å². The molecule has 8 heteroatoms. The van der Waals surface area contributed by atoms with Crippen molar-refractivity contribution in [2.75, 3.05) is 31.6 Å². The van der Waals surface area contributed by atoms with Crippen LogP contribution in [0.1, 0.15) is 18.4 Å². The van der Waals surface area contributed by atoms with Crippen LogP contribution in [-0.4, -0.2) is 45.4 Å². The standard InChI is InChI=1S/C22H27F2N3O3/c1-29-19-8-4-18(5-9-19)27-14-11-17(12-15-27)26-22(28)25-13-10-16-2-6-20(7-3-16)30-21(23)24/h2-9,17,21H,10-15H2,1H3,(H2,25,26,28). The summed E-state index contributed by atoms with van der Waals surface area (Å²) in [7, 11) is 1.65. The molecular weight excluding hydrogens is 392 g/mol. The lowest BCUT2D eigenvalue weighted by molar-refractivity contribution is -0.0498. The SMILES string of the molecule is COc1ccc(N2CCC(NC(=O)NCCc3ccc(OC(F)F)cc3)CC2)cc1. The first-order valence-corrected chi connectivity index (χ1v) is 10.0. The lowest BCUT2D eigenvalue weighted by atomic mass is 10.0. The first kappa shape index (κ1) is 21.7. The fourth-order valence-electron chi connectivity index (χ4n) is 3.47. The molecule has 0 aromatic heterocycles. The summed E-state index contributed by atoms with van der Waals surface area (Å²) in [6, 6.07) is 14.4. The van der Waals surface area contributed by atoms with E-state index in [1.54, 1.807) is 19.2 Å². The van der Waals surface area contributed by atoms with E-state index in [0.29, 0.717) is 13.0 Å². The quantitative estimate of drug-likeness (QED) is 0.683. The number of anilines is 1. The van der Waals surface area contributed by atoms with Crippen LogP contribution >= 0.6 is 0 Å². The van der Waals surface area contributed by atoms with E-state index in [9.17, 15) is 13.6 Å². The van der Waals surface area contributed by atoms with Gasteiger partial charge in [-0.3, -0.25) is 0 Å². The first-order chi connectivity index (χ1) is 14.5. The van der Waals surface area contributed by atoms with Gasteiger partial charge in [-0.05, 0) is 61.2 Å². The average molecular weight is 419 g/mol. The summed E-state index contributed by atoms with van der Waals surface area (Å²) in [4.78, 5) is 14.4. The molecule has 30 heavy (non-hydrogen) atoms. The van der Waals surface area contributed by atoms with Crippen LogP contribution < -0.4 is 25.0 Å². The number of nitrogens with zero attached hydrogens (tertiary/aromatic N) is 1. The second-order valence-corrected chi connectivity index (χ2v) is 7.13. The summed E-state index contributed by atoms with van der Waals surface area (Å²) in [5.74, 6) is 0.963. The van der Waals surface area contributed by atoms with Gasteiger partial charge in [0.1, 0.15) is 11.5 Å². The van der Waals surface area contributed by atoms with E-state index in [0.717, 1.165) is 42.9 Å². The Morgan fingerprint density at radius 2 is 1.70 bits per heavy atom. The van der Waals surface area contributed by atoms with E-state index in [-0.39, 0.29) is 17.8 Å². The van der Waals surface area contributed by atoms with Crippen LogP contribution in [0.4, 0.5) is 19.3 Å². The van der Waals surface area contributed by atoms with Crippen molar-refractivity contribution >= 4 is 11.7 Å². The van der Waals surface area contributed by atoms with Crippen molar-refractivity contribution in [3.63, 3.8) is 0 Å². The summed E-state index contributed by atoms with van der Waals surface area (Å²) in [6.45, 7) is -0.607. The summed E-state index contributed by atoms with van der Waals surface area (Å²) in [5, 5.41) is 5.88. The van der Waals surface area contributed by atoms with Crippen molar-refractivity contribution in [3.05, 3.63) is 54.1 Å². The number of carbonyl (C=O) groups is 1. The Hall–Kier alpha value is -3.03. The molecule has 0 spiro atoms. The second-order valence-electron chi connectivity index (χ2n) is 7.13. The van der Waals surface area contributed by atoms with Crippen molar-refractivity contribution < 1.29 is 23.0 Å². The van der Waals surface area contributed by atoms with Gasteiger partial charge in [0.2, 0.25) is 0 Å². The third-order valence-corrected chi connectivity index (χ3v) is 5.12. The summed E-state index contributed by atoms with van der Waals surface area (Å²) < 4.78 is 33.8. The van der Waals surface area contributed by atoms with Crippen molar-refractivity contribution in [2.24, 2.45) is 0 Å². The number of alkyl halides is 2. The van der Waals surface area contributed by atoms with Gasteiger partial charge in [-0.1, -0.05) is 12.1 Å². The van der Waals surface area contributed by atoms with Crippen molar-refractivity contribution in [2.45, 2.75) is 31.9 Å². The number of ether oxygens (including phenoxy) is 2. The molecule has 1 saturated heterocycles. The van der Waals surface area contributed by atoms with Gasteiger partial charge in [0, 0.05) is 31.4 Å². The number of amides is 2. The fraction of sp³-hybridized carbons (Fsp3) is 0.409. The van der Waals surface area contributed by atoms with E-state index in [4.69, 9.17) is 4.74 Å². The number of urea groups is 1. The lowest BCUT2D eigenvalue weighted by Gasteiger charge is -2.34. The third kappa shape index (κ3) is 6.50. The normalized spacial score (nSPS) is 14.5. The molecule has 2 amide bonds. The maximum atomic E-state index is 12.2. The highest BCUT2D eigenvalue weighted by atomic mass is 19.3. The monoisotopic (exact) mass is 419 g/mol. The highest BCUT2D eigenvalue weighted by Gasteiger charge is 2.20. The minimum absolute atomic E-state index is 0.125. The van der Waals surface area contributed by atoms with Gasteiger partial charge in [-0.15, -0.1) is 0 Å². The number of benzene rings is 2. The molecule has 1 heterocycles. The molecule has 0 saturated carbocycles. The van der Waals surface area contributed by atoms with Crippen LogP contribution in [0.25, 0.3) is 0 Å². The minimum Gasteiger partial charge on any atom is -0.497 e. The highest BCUT2D eigenvalue weighted by molar-refractivity contribution is 5.74. The number of piperidine rings is 1. The predicted octanol–water partition coefficient (Wildman–Crippen LogP) is 3.81. The van der Waals surface area contributed by atoms with Crippen LogP contribution in [0.5, 0.6) is 11.5 Å². The van der Waals surface area contributed by atoms with E-state index >= 15 is 0 Å². The second kappa shape index (κ2) is 10.7. The minimum atomic E-state index is -2.83. The molecule has 6 nitrogen and oxygen atoms in total. The van der Waals surface area contributed by atoms with Crippen LogP contribution in [0, 0.1) is 0 Å². The van der Waals surface area contributed by atoms with E-state index in [1.807, 2.05) is 24.3 Å². The molecule has 2 N–H and O–H groups in total. The molecule has 1 aliphatic rings. The summed E-state index contributed by atoms with van der Waals surface area (Å²) in [5.41, 5.74) is 2.09. The largest absolute Gasteiger partial charge is 0.497 e. The predicted molar refractivity (Wildman–Crippen MR) is 112 cm³/mol. The Morgan fingerprint density at radius 1 is 1.07 bits per heavy atom. The van der Waals surface area contributed by atoms with Crippen molar-refractivity contribution in [1.29, 1.82) is 0 Å². The van der Waals surface area contributed by atoms with Crippen LogP contribution in [0.15, 0.2) is 48.5 Å².